The number of rotatable bonds is 4. The lowest BCUT2D eigenvalue weighted by Gasteiger charge is -2.00. The van der Waals surface area contributed by atoms with Gasteiger partial charge in [-0.15, -0.1) is 11.3 Å². The summed E-state index contributed by atoms with van der Waals surface area (Å²) >= 11 is 1.06. The van der Waals surface area contributed by atoms with Crippen LogP contribution in [0.1, 0.15) is 27.0 Å². The zero-order chi connectivity index (χ0) is 13.8. The van der Waals surface area contributed by atoms with Gasteiger partial charge in [-0.1, -0.05) is 0 Å². The molecule has 0 saturated carbocycles. The Morgan fingerprint density at radius 1 is 1.53 bits per heavy atom. The normalized spacial score (nSPS) is 10.2. The number of ether oxygens (including phenoxy) is 1. The summed E-state index contributed by atoms with van der Waals surface area (Å²) in [6.45, 7) is 1.97. The number of nitrogens with zero attached hydrogens (tertiary/aromatic N) is 1. The van der Waals surface area contributed by atoms with Crippen molar-refractivity contribution < 1.29 is 18.7 Å². The fraction of sp³-hybridized carbons (Fsp3) is 0.154. The van der Waals surface area contributed by atoms with Gasteiger partial charge in [0.1, 0.15) is 15.7 Å². The fourth-order valence-electron chi connectivity index (χ4n) is 1.51. The Morgan fingerprint density at radius 2 is 2.32 bits per heavy atom. The van der Waals surface area contributed by atoms with Gasteiger partial charge in [-0.25, -0.2) is 14.2 Å². The first kappa shape index (κ1) is 13.4. The van der Waals surface area contributed by atoms with Crippen molar-refractivity contribution in [2.45, 2.75) is 6.92 Å². The Kier molecular flexibility index (Phi) is 4.01. The molecule has 1 heterocycles. The van der Waals surface area contributed by atoms with E-state index in [1.54, 1.807) is 6.92 Å². The average molecular weight is 279 g/mol. The van der Waals surface area contributed by atoms with Crippen molar-refractivity contribution in [1.82, 2.24) is 4.98 Å². The molecule has 98 valence electrons. The van der Waals surface area contributed by atoms with Crippen LogP contribution < -0.4 is 0 Å². The lowest BCUT2D eigenvalue weighted by Crippen LogP contribution is -2.01. The monoisotopic (exact) mass is 279 g/mol. The Bertz CT molecular complexity index is 624. The summed E-state index contributed by atoms with van der Waals surface area (Å²) in [5.74, 6) is -0.941. The number of carbonyl (C=O) groups is 2. The summed E-state index contributed by atoms with van der Waals surface area (Å²) in [4.78, 5) is 26.8. The zero-order valence-corrected chi connectivity index (χ0v) is 10.9. The predicted octanol–water partition coefficient (Wildman–Crippen LogP) is 2.94. The molecular formula is C13H10FNO3S. The fourth-order valence-corrected chi connectivity index (χ4v) is 2.36. The molecule has 0 fully saturated rings. The lowest BCUT2D eigenvalue weighted by molar-refractivity contribution is 0.0531. The molecule has 19 heavy (non-hydrogen) atoms. The quantitative estimate of drug-likeness (QED) is 0.638. The average Bonchev–Trinajstić information content (AvgIpc) is 2.88. The maximum Gasteiger partial charge on any atom is 0.349 e. The van der Waals surface area contributed by atoms with E-state index in [1.165, 1.54) is 24.4 Å². The minimum absolute atomic E-state index is 0.269. The van der Waals surface area contributed by atoms with Crippen LogP contribution in [0.4, 0.5) is 4.39 Å². The van der Waals surface area contributed by atoms with Gasteiger partial charge in [-0.3, -0.25) is 4.79 Å². The third-order valence-electron chi connectivity index (χ3n) is 2.36. The van der Waals surface area contributed by atoms with E-state index in [4.69, 9.17) is 4.74 Å². The van der Waals surface area contributed by atoms with Crippen molar-refractivity contribution in [1.29, 1.82) is 0 Å². The maximum atomic E-state index is 13.2. The van der Waals surface area contributed by atoms with E-state index in [0.717, 1.165) is 11.3 Å². The van der Waals surface area contributed by atoms with E-state index in [0.29, 0.717) is 27.3 Å². The summed E-state index contributed by atoms with van der Waals surface area (Å²) in [5, 5.41) is 0.407. The summed E-state index contributed by atoms with van der Waals surface area (Å²) in [7, 11) is 0. The molecule has 2 aromatic rings. The Hall–Kier alpha value is -2.08. The van der Waals surface area contributed by atoms with Crippen LogP contribution in [0.3, 0.4) is 0 Å². The molecule has 0 radical (unpaired) electrons. The topological polar surface area (TPSA) is 56.3 Å². The number of benzene rings is 1. The van der Waals surface area contributed by atoms with Crippen LogP contribution in [0, 0.1) is 5.82 Å². The first-order valence-electron chi connectivity index (χ1n) is 5.53. The van der Waals surface area contributed by atoms with Crippen molar-refractivity contribution in [3.05, 3.63) is 40.7 Å². The van der Waals surface area contributed by atoms with Gasteiger partial charge in [0, 0.05) is 11.1 Å². The first-order valence-corrected chi connectivity index (χ1v) is 6.35. The molecule has 0 aliphatic heterocycles. The SMILES string of the molecule is CCOC(=O)c1cnc(-c2cc(F)ccc2C=O)s1. The number of carbonyl (C=O) groups excluding carboxylic acids is 2. The summed E-state index contributed by atoms with van der Waals surface area (Å²) in [6, 6.07) is 3.80. The maximum absolute atomic E-state index is 13.2. The summed E-state index contributed by atoms with van der Waals surface area (Å²) < 4.78 is 18.1. The van der Waals surface area contributed by atoms with Gasteiger partial charge in [0.25, 0.3) is 0 Å². The highest BCUT2D eigenvalue weighted by Gasteiger charge is 2.15. The standard InChI is InChI=1S/C13H10FNO3S/c1-2-18-13(17)11-6-15-12(19-11)10-5-9(14)4-3-8(10)7-16/h3-7H,2H2,1H3. The number of aromatic nitrogens is 1. The first-order chi connectivity index (χ1) is 9.15. The highest BCUT2D eigenvalue weighted by molar-refractivity contribution is 7.16. The van der Waals surface area contributed by atoms with E-state index in [1.807, 2.05) is 0 Å². The van der Waals surface area contributed by atoms with E-state index < -0.39 is 11.8 Å². The van der Waals surface area contributed by atoms with Gasteiger partial charge < -0.3 is 4.74 Å². The van der Waals surface area contributed by atoms with E-state index in [-0.39, 0.29) is 6.61 Å². The van der Waals surface area contributed by atoms with Gasteiger partial charge in [0.15, 0.2) is 6.29 Å². The Labute approximate surface area is 112 Å². The lowest BCUT2D eigenvalue weighted by atomic mass is 10.1. The molecule has 0 amide bonds. The smallest absolute Gasteiger partial charge is 0.349 e. The van der Waals surface area contributed by atoms with Crippen LogP contribution >= 0.6 is 11.3 Å². The van der Waals surface area contributed by atoms with Crippen molar-refractivity contribution in [2.24, 2.45) is 0 Å². The number of aldehydes is 1. The second-order valence-electron chi connectivity index (χ2n) is 3.60. The van der Waals surface area contributed by atoms with Gasteiger partial charge >= 0.3 is 5.97 Å². The molecule has 0 N–H and O–H groups in total. The minimum Gasteiger partial charge on any atom is -0.462 e. The highest BCUT2D eigenvalue weighted by Crippen LogP contribution is 2.28. The van der Waals surface area contributed by atoms with Crippen molar-refractivity contribution in [2.75, 3.05) is 6.61 Å². The molecule has 0 atom stereocenters. The predicted molar refractivity (Wildman–Crippen MR) is 68.9 cm³/mol. The summed E-state index contributed by atoms with van der Waals surface area (Å²) in [6.07, 6.45) is 1.98. The molecule has 0 unspecified atom stereocenters. The third kappa shape index (κ3) is 2.85. The number of hydrogen-bond acceptors (Lipinski definition) is 5. The second kappa shape index (κ2) is 5.71. The van der Waals surface area contributed by atoms with E-state index in [9.17, 15) is 14.0 Å². The molecule has 2 rings (SSSR count). The largest absolute Gasteiger partial charge is 0.462 e. The molecule has 0 spiro atoms. The number of hydrogen-bond donors (Lipinski definition) is 0. The van der Waals surface area contributed by atoms with Crippen LogP contribution in [-0.2, 0) is 4.74 Å². The van der Waals surface area contributed by atoms with Crippen LogP contribution in [0.15, 0.2) is 24.4 Å². The van der Waals surface area contributed by atoms with Gasteiger partial charge in [-0.2, -0.15) is 0 Å². The van der Waals surface area contributed by atoms with Gasteiger partial charge in [0.2, 0.25) is 0 Å². The minimum atomic E-state index is -0.477. The number of thiazole rings is 1. The molecule has 0 bridgehead atoms. The Morgan fingerprint density at radius 3 is 3.00 bits per heavy atom. The Balaban J connectivity index is 2.40. The van der Waals surface area contributed by atoms with Gasteiger partial charge in [0.05, 0.1) is 12.8 Å². The van der Waals surface area contributed by atoms with Crippen molar-refractivity contribution >= 4 is 23.6 Å². The van der Waals surface area contributed by atoms with Crippen molar-refractivity contribution in [3.8, 4) is 10.6 Å². The molecule has 1 aromatic carbocycles. The molecule has 6 heteroatoms. The van der Waals surface area contributed by atoms with Gasteiger partial charge in [-0.05, 0) is 25.1 Å². The molecule has 1 aromatic heterocycles. The molecule has 0 saturated heterocycles. The van der Waals surface area contributed by atoms with Crippen LogP contribution in [0.5, 0.6) is 0 Å². The van der Waals surface area contributed by atoms with Crippen molar-refractivity contribution in [3.63, 3.8) is 0 Å². The zero-order valence-electron chi connectivity index (χ0n) is 10.1. The molecular weight excluding hydrogens is 269 g/mol. The number of esters is 1. The summed E-state index contributed by atoms with van der Waals surface area (Å²) in [5.41, 5.74) is 0.696. The molecule has 0 aliphatic carbocycles. The van der Waals surface area contributed by atoms with Crippen LogP contribution in [0.25, 0.3) is 10.6 Å². The third-order valence-corrected chi connectivity index (χ3v) is 3.37. The molecule has 0 aliphatic rings. The van der Waals surface area contributed by atoms with Crippen LogP contribution in [0.2, 0.25) is 0 Å². The highest BCUT2D eigenvalue weighted by atomic mass is 32.1. The van der Waals surface area contributed by atoms with Crippen LogP contribution in [-0.4, -0.2) is 23.8 Å². The van der Waals surface area contributed by atoms with E-state index >= 15 is 0 Å². The molecule has 4 nitrogen and oxygen atoms in total. The van der Waals surface area contributed by atoms with E-state index in [2.05, 4.69) is 4.98 Å². The second-order valence-corrected chi connectivity index (χ2v) is 4.63. The number of halogens is 1.